The van der Waals surface area contributed by atoms with Crippen molar-refractivity contribution in [1.29, 1.82) is 0 Å². The molecule has 2 saturated heterocycles. The highest BCUT2D eigenvalue weighted by Crippen LogP contribution is 2.44. The van der Waals surface area contributed by atoms with Crippen LogP contribution in [-0.2, 0) is 9.53 Å². The van der Waals surface area contributed by atoms with E-state index >= 15 is 0 Å². The monoisotopic (exact) mass is 376 g/mol. The van der Waals surface area contributed by atoms with Gasteiger partial charge in [0, 0.05) is 37.7 Å². The van der Waals surface area contributed by atoms with Gasteiger partial charge in [0.15, 0.2) is 0 Å². The van der Waals surface area contributed by atoms with Crippen molar-refractivity contribution in [3.05, 3.63) is 34.9 Å². The lowest BCUT2D eigenvalue weighted by Gasteiger charge is -2.37. The number of carbonyl (C=O) groups excluding carboxylic acids is 1. The molecule has 1 aromatic carbocycles. The molecule has 1 aromatic rings. The maximum absolute atomic E-state index is 13.2. The number of hydrogen-bond acceptors (Lipinski definition) is 3. The van der Waals surface area contributed by atoms with Crippen molar-refractivity contribution >= 4 is 17.5 Å². The van der Waals surface area contributed by atoms with Crippen molar-refractivity contribution in [2.45, 2.75) is 31.6 Å². The van der Waals surface area contributed by atoms with Crippen LogP contribution in [0.25, 0.3) is 0 Å². The number of nitrogens with zero attached hydrogens (tertiary/aromatic N) is 2. The Balaban J connectivity index is 1.33. The molecule has 1 aliphatic carbocycles. The first-order valence-corrected chi connectivity index (χ1v) is 10.4. The fraction of sp³-hybridized carbons (Fsp3) is 0.667. The molecule has 142 valence electrons. The molecule has 1 amide bonds. The van der Waals surface area contributed by atoms with Gasteiger partial charge < -0.3 is 9.64 Å². The zero-order valence-electron chi connectivity index (χ0n) is 15.4. The zero-order chi connectivity index (χ0) is 17.9. The van der Waals surface area contributed by atoms with Crippen molar-refractivity contribution in [3.63, 3.8) is 0 Å². The number of hydrogen-bond donors (Lipinski definition) is 0. The van der Waals surface area contributed by atoms with Crippen LogP contribution in [0.4, 0.5) is 0 Å². The van der Waals surface area contributed by atoms with Crippen LogP contribution in [0.5, 0.6) is 0 Å². The topological polar surface area (TPSA) is 32.8 Å². The summed E-state index contributed by atoms with van der Waals surface area (Å²) in [6.45, 7) is 6.81. The fourth-order valence-corrected chi connectivity index (χ4v) is 4.52. The summed E-state index contributed by atoms with van der Waals surface area (Å²) in [5.41, 5.74) is 1.14. The Labute approximate surface area is 161 Å². The van der Waals surface area contributed by atoms with Crippen LogP contribution in [0.3, 0.4) is 0 Å². The van der Waals surface area contributed by atoms with E-state index in [1.165, 1.54) is 12.8 Å². The molecule has 0 bridgehead atoms. The average Bonchev–Trinajstić information content (AvgIpc) is 3.50. The van der Waals surface area contributed by atoms with Gasteiger partial charge in [0.25, 0.3) is 0 Å². The Morgan fingerprint density at radius 3 is 2.31 bits per heavy atom. The number of rotatable bonds is 5. The lowest BCUT2D eigenvalue weighted by atomic mass is 9.90. The number of ether oxygens (including phenoxy) is 1. The largest absolute Gasteiger partial charge is 0.379 e. The third-order valence-electron chi connectivity index (χ3n) is 6.13. The molecule has 4 nitrogen and oxygen atoms in total. The summed E-state index contributed by atoms with van der Waals surface area (Å²) in [6, 6.07) is 7.89. The summed E-state index contributed by atoms with van der Waals surface area (Å²) < 4.78 is 5.44. The second kappa shape index (κ2) is 8.28. The predicted molar refractivity (Wildman–Crippen MR) is 103 cm³/mol. The second-order valence-electron chi connectivity index (χ2n) is 8.05. The molecule has 5 heteroatoms. The molecular weight excluding hydrogens is 348 g/mol. The summed E-state index contributed by atoms with van der Waals surface area (Å²) in [6.07, 6.45) is 4.60. The van der Waals surface area contributed by atoms with Gasteiger partial charge in [-0.1, -0.05) is 23.7 Å². The maximum atomic E-state index is 13.2. The van der Waals surface area contributed by atoms with E-state index in [4.69, 9.17) is 16.3 Å². The van der Waals surface area contributed by atoms with Crippen LogP contribution in [0.2, 0.25) is 5.02 Å². The van der Waals surface area contributed by atoms with Crippen LogP contribution in [0.1, 0.15) is 37.2 Å². The second-order valence-corrected chi connectivity index (χ2v) is 8.48. The number of carbonyl (C=O) groups is 1. The highest BCUT2D eigenvalue weighted by molar-refractivity contribution is 6.30. The lowest BCUT2D eigenvalue weighted by Crippen LogP contribution is -2.45. The standard InChI is InChI=1S/C21H29ClN2O2/c22-19-5-3-18(4-6-19)20(17-1-2-17)21(25)24-9-7-16(8-10-24)15-23-11-13-26-14-12-23/h3-6,16-17,20H,1-2,7-15H2. The number of piperidine rings is 1. The normalized spacial score (nSPS) is 23.8. The van der Waals surface area contributed by atoms with Crippen LogP contribution >= 0.6 is 11.6 Å². The summed E-state index contributed by atoms with van der Waals surface area (Å²) in [5, 5.41) is 0.736. The van der Waals surface area contributed by atoms with Gasteiger partial charge in [-0.25, -0.2) is 0 Å². The van der Waals surface area contributed by atoms with Crippen LogP contribution in [-0.4, -0.2) is 61.6 Å². The van der Waals surface area contributed by atoms with Gasteiger partial charge in [0.1, 0.15) is 0 Å². The quantitative estimate of drug-likeness (QED) is 0.789. The third kappa shape index (κ3) is 4.41. The smallest absolute Gasteiger partial charge is 0.230 e. The summed E-state index contributed by atoms with van der Waals surface area (Å²) >= 11 is 6.03. The van der Waals surface area contributed by atoms with E-state index in [2.05, 4.69) is 9.80 Å². The van der Waals surface area contributed by atoms with Crippen LogP contribution < -0.4 is 0 Å². The molecule has 1 saturated carbocycles. The van der Waals surface area contributed by atoms with Crippen molar-refractivity contribution in [2.24, 2.45) is 11.8 Å². The van der Waals surface area contributed by atoms with E-state index in [1.807, 2.05) is 24.3 Å². The minimum absolute atomic E-state index is 0.0306. The fourth-order valence-electron chi connectivity index (χ4n) is 4.40. The van der Waals surface area contributed by atoms with Crippen LogP contribution in [0, 0.1) is 11.8 Å². The van der Waals surface area contributed by atoms with E-state index in [-0.39, 0.29) is 5.92 Å². The first-order chi connectivity index (χ1) is 12.7. The summed E-state index contributed by atoms with van der Waals surface area (Å²) in [4.78, 5) is 17.9. The van der Waals surface area contributed by atoms with Crippen molar-refractivity contribution < 1.29 is 9.53 Å². The summed E-state index contributed by atoms with van der Waals surface area (Å²) in [7, 11) is 0. The van der Waals surface area contributed by atoms with Gasteiger partial charge in [-0.3, -0.25) is 9.69 Å². The maximum Gasteiger partial charge on any atom is 0.230 e. The highest BCUT2D eigenvalue weighted by atomic mass is 35.5. The Morgan fingerprint density at radius 2 is 1.69 bits per heavy atom. The summed E-state index contributed by atoms with van der Waals surface area (Å²) in [5.74, 6) is 1.60. The molecule has 3 aliphatic rings. The van der Waals surface area contributed by atoms with E-state index in [0.29, 0.717) is 17.7 Å². The molecule has 26 heavy (non-hydrogen) atoms. The predicted octanol–water partition coefficient (Wildman–Crippen LogP) is 3.40. The Morgan fingerprint density at radius 1 is 1.04 bits per heavy atom. The van der Waals surface area contributed by atoms with Gasteiger partial charge in [-0.2, -0.15) is 0 Å². The minimum Gasteiger partial charge on any atom is -0.379 e. The SMILES string of the molecule is O=C(C(c1ccc(Cl)cc1)C1CC1)N1CCC(CN2CCOCC2)CC1. The van der Waals surface area contributed by atoms with Gasteiger partial charge in [-0.15, -0.1) is 0 Å². The zero-order valence-corrected chi connectivity index (χ0v) is 16.2. The van der Waals surface area contributed by atoms with Gasteiger partial charge in [0.2, 0.25) is 5.91 Å². The van der Waals surface area contributed by atoms with Crippen molar-refractivity contribution in [3.8, 4) is 0 Å². The number of amides is 1. The van der Waals surface area contributed by atoms with E-state index in [1.54, 1.807) is 0 Å². The van der Waals surface area contributed by atoms with Crippen molar-refractivity contribution in [2.75, 3.05) is 45.9 Å². The number of benzene rings is 1. The van der Waals surface area contributed by atoms with Gasteiger partial charge >= 0.3 is 0 Å². The van der Waals surface area contributed by atoms with Gasteiger partial charge in [-0.05, 0) is 55.2 Å². The Kier molecular flexibility index (Phi) is 5.82. The average molecular weight is 377 g/mol. The number of likely N-dealkylation sites (tertiary alicyclic amines) is 1. The highest BCUT2D eigenvalue weighted by Gasteiger charge is 2.40. The molecule has 3 fully saturated rings. The first-order valence-electron chi connectivity index (χ1n) is 10.0. The molecule has 0 N–H and O–H groups in total. The molecule has 0 aromatic heterocycles. The molecule has 2 aliphatic heterocycles. The Bertz CT molecular complexity index is 603. The van der Waals surface area contributed by atoms with E-state index in [9.17, 15) is 4.79 Å². The lowest BCUT2D eigenvalue weighted by molar-refractivity contribution is -0.134. The Hall–Kier alpha value is -1.10. The molecule has 1 unspecified atom stereocenters. The molecular formula is C21H29ClN2O2. The molecule has 0 spiro atoms. The molecule has 2 heterocycles. The first kappa shape index (κ1) is 18.3. The van der Waals surface area contributed by atoms with Crippen LogP contribution in [0.15, 0.2) is 24.3 Å². The molecule has 0 radical (unpaired) electrons. The number of morpholine rings is 1. The molecule has 4 rings (SSSR count). The van der Waals surface area contributed by atoms with Gasteiger partial charge in [0.05, 0.1) is 19.1 Å². The van der Waals surface area contributed by atoms with E-state index in [0.717, 1.165) is 69.4 Å². The molecule has 1 atom stereocenters. The van der Waals surface area contributed by atoms with E-state index < -0.39 is 0 Å². The number of halogens is 1. The van der Waals surface area contributed by atoms with Crippen molar-refractivity contribution in [1.82, 2.24) is 9.80 Å². The minimum atomic E-state index is 0.0306. The third-order valence-corrected chi connectivity index (χ3v) is 6.39.